The molecule has 1 unspecified atom stereocenters. The second-order valence-electron chi connectivity index (χ2n) is 6.25. The summed E-state index contributed by atoms with van der Waals surface area (Å²) in [6.45, 7) is 0.138. The van der Waals surface area contributed by atoms with Crippen molar-refractivity contribution in [1.82, 2.24) is 4.90 Å². The first kappa shape index (κ1) is 18.1. The normalized spacial score (nSPS) is 18.6. The Morgan fingerprint density at radius 2 is 1.96 bits per heavy atom. The fourth-order valence-corrected chi connectivity index (χ4v) is 4.11. The van der Waals surface area contributed by atoms with Gasteiger partial charge in [0.25, 0.3) is 11.7 Å². The molecule has 3 heterocycles. The lowest BCUT2D eigenvalue weighted by Gasteiger charge is -2.23. The quantitative estimate of drug-likeness (QED) is 0.402. The summed E-state index contributed by atoms with van der Waals surface area (Å²) in [6, 6.07) is 13.2. The standard InChI is InChI=1S/C21H17NO5S/c1-26-14-8-6-13(7-9-14)19(23)17-18(16-5-3-11-28-16)22(21(25)20(17)24)12-15-4-2-10-27-15/h2-11,18,23H,12H2,1H3. The van der Waals surface area contributed by atoms with Crippen LogP contribution in [0.1, 0.15) is 22.2 Å². The highest BCUT2D eigenvalue weighted by Crippen LogP contribution is 2.41. The van der Waals surface area contributed by atoms with Gasteiger partial charge in [-0.15, -0.1) is 11.3 Å². The lowest BCUT2D eigenvalue weighted by Crippen LogP contribution is -2.28. The van der Waals surface area contributed by atoms with Gasteiger partial charge in [0, 0.05) is 10.4 Å². The van der Waals surface area contributed by atoms with Crippen LogP contribution in [-0.4, -0.2) is 28.8 Å². The third-order valence-corrected chi connectivity index (χ3v) is 5.55. The number of Topliss-reactive ketones (excluding diaryl/α,β-unsaturated/α-hetero) is 1. The number of nitrogens with zero attached hydrogens (tertiary/aromatic N) is 1. The van der Waals surface area contributed by atoms with Crippen molar-refractivity contribution in [3.8, 4) is 5.75 Å². The number of likely N-dealkylation sites (tertiary alicyclic amines) is 1. The van der Waals surface area contributed by atoms with Gasteiger partial charge < -0.3 is 19.2 Å². The molecule has 0 bridgehead atoms. The summed E-state index contributed by atoms with van der Waals surface area (Å²) >= 11 is 1.42. The van der Waals surface area contributed by atoms with Crippen LogP contribution >= 0.6 is 11.3 Å². The van der Waals surface area contributed by atoms with Crippen LogP contribution < -0.4 is 4.74 Å². The van der Waals surface area contributed by atoms with Gasteiger partial charge in [-0.25, -0.2) is 0 Å². The van der Waals surface area contributed by atoms with Gasteiger partial charge >= 0.3 is 0 Å². The molecule has 1 atom stereocenters. The summed E-state index contributed by atoms with van der Waals surface area (Å²) in [7, 11) is 1.55. The van der Waals surface area contributed by atoms with Crippen molar-refractivity contribution in [1.29, 1.82) is 0 Å². The maximum absolute atomic E-state index is 12.8. The Labute approximate surface area is 165 Å². The number of aliphatic hydroxyl groups excluding tert-OH is 1. The minimum absolute atomic E-state index is 0.0733. The molecule has 1 amide bonds. The second kappa shape index (κ2) is 7.36. The number of methoxy groups -OCH3 is 1. The number of ether oxygens (including phenoxy) is 1. The highest BCUT2D eigenvalue weighted by Gasteiger charge is 2.46. The summed E-state index contributed by atoms with van der Waals surface area (Å²) in [4.78, 5) is 27.8. The molecule has 6 nitrogen and oxygen atoms in total. The van der Waals surface area contributed by atoms with Crippen molar-refractivity contribution >= 4 is 28.8 Å². The number of hydrogen-bond acceptors (Lipinski definition) is 6. The highest BCUT2D eigenvalue weighted by atomic mass is 32.1. The van der Waals surface area contributed by atoms with E-state index in [4.69, 9.17) is 9.15 Å². The molecule has 4 rings (SSSR count). The number of rotatable bonds is 5. The smallest absolute Gasteiger partial charge is 0.296 e. The molecular weight excluding hydrogens is 378 g/mol. The number of amides is 1. The molecule has 1 aliphatic heterocycles. The Bertz CT molecular complexity index is 1020. The number of ketones is 1. The van der Waals surface area contributed by atoms with Crippen LogP contribution in [0.3, 0.4) is 0 Å². The lowest BCUT2D eigenvalue weighted by atomic mass is 10.00. The van der Waals surface area contributed by atoms with E-state index in [1.165, 1.54) is 22.5 Å². The van der Waals surface area contributed by atoms with E-state index in [0.717, 1.165) is 4.88 Å². The molecule has 0 radical (unpaired) electrons. The zero-order valence-electron chi connectivity index (χ0n) is 15.0. The predicted molar refractivity (Wildman–Crippen MR) is 104 cm³/mol. The molecule has 142 valence electrons. The van der Waals surface area contributed by atoms with E-state index >= 15 is 0 Å². The summed E-state index contributed by atoms with van der Waals surface area (Å²) in [6.07, 6.45) is 1.52. The van der Waals surface area contributed by atoms with E-state index in [1.807, 2.05) is 17.5 Å². The Morgan fingerprint density at radius 3 is 2.57 bits per heavy atom. The molecule has 1 aromatic carbocycles. The Hall–Kier alpha value is -3.32. The molecule has 7 heteroatoms. The van der Waals surface area contributed by atoms with Gasteiger partial charge in [-0.2, -0.15) is 0 Å². The SMILES string of the molecule is COc1ccc(C(O)=C2C(=O)C(=O)N(Cc3ccco3)C2c2cccs2)cc1. The van der Waals surface area contributed by atoms with Crippen LogP contribution in [0, 0.1) is 0 Å². The molecule has 1 fully saturated rings. The van der Waals surface area contributed by atoms with Crippen molar-refractivity contribution in [3.05, 3.63) is 81.9 Å². The number of aliphatic hydroxyl groups is 1. The number of carbonyl (C=O) groups is 2. The van der Waals surface area contributed by atoms with Crippen molar-refractivity contribution in [3.63, 3.8) is 0 Å². The zero-order valence-corrected chi connectivity index (χ0v) is 15.8. The molecule has 1 N–H and O–H groups in total. The predicted octanol–water partition coefficient (Wildman–Crippen LogP) is 3.97. The largest absolute Gasteiger partial charge is 0.507 e. The third kappa shape index (κ3) is 3.10. The van der Waals surface area contributed by atoms with E-state index in [-0.39, 0.29) is 17.9 Å². The Balaban J connectivity index is 1.81. The van der Waals surface area contributed by atoms with E-state index < -0.39 is 17.7 Å². The first-order valence-corrected chi connectivity index (χ1v) is 9.46. The molecule has 0 aliphatic carbocycles. The average Bonchev–Trinajstić information content (AvgIpc) is 3.46. The maximum atomic E-state index is 12.8. The van der Waals surface area contributed by atoms with Gasteiger partial charge in [-0.05, 0) is 47.8 Å². The third-order valence-electron chi connectivity index (χ3n) is 4.62. The zero-order chi connectivity index (χ0) is 19.7. The van der Waals surface area contributed by atoms with E-state index in [2.05, 4.69) is 0 Å². The van der Waals surface area contributed by atoms with Gasteiger partial charge in [0.1, 0.15) is 23.3 Å². The van der Waals surface area contributed by atoms with Crippen LogP contribution in [0.15, 0.2) is 70.2 Å². The first-order valence-electron chi connectivity index (χ1n) is 8.58. The van der Waals surface area contributed by atoms with Gasteiger partial charge in [0.15, 0.2) is 0 Å². The van der Waals surface area contributed by atoms with Crippen LogP contribution in [0.25, 0.3) is 5.76 Å². The molecule has 1 aliphatic rings. The van der Waals surface area contributed by atoms with Crippen molar-refractivity contribution < 1.29 is 23.8 Å². The molecule has 0 spiro atoms. The van der Waals surface area contributed by atoms with E-state index in [1.54, 1.807) is 43.5 Å². The number of carbonyl (C=O) groups excluding carboxylic acids is 2. The fourth-order valence-electron chi connectivity index (χ4n) is 3.26. The monoisotopic (exact) mass is 395 g/mol. The molecular formula is C21H17NO5S. The summed E-state index contributed by atoms with van der Waals surface area (Å²) in [5.74, 6) is -0.387. The van der Waals surface area contributed by atoms with Crippen molar-refractivity contribution in [2.75, 3.05) is 7.11 Å². The highest BCUT2D eigenvalue weighted by molar-refractivity contribution is 7.10. The average molecular weight is 395 g/mol. The van der Waals surface area contributed by atoms with Gasteiger partial charge in [-0.3, -0.25) is 9.59 Å². The number of furan rings is 1. The summed E-state index contributed by atoms with van der Waals surface area (Å²) in [5.41, 5.74) is 0.516. The maximum Gasteiger partial charge on any atom is 0.296 e. The molecule has 3 aromatic rings. The number of thiophene rings is 1. The van der Waals surface area contributed by atoms with Gasteiger partial charge in [0.2, 0.25) is 0 Å². The molecule has 28 heavy (non-hydrogen) atoms. The number of benzene rings is 1. The summed E-state index contributed by atoms with van der Waals surface area (Å²) in [5, 5.41) is 12.8. The van der Waals surface area contributed by atoms with Gasteiger partial charge in [0.05, 0.1) is 25.5 Å². The number of hydrogen-bond donors (Lipinski definition) is 1. The van der Waals surface area contributed by atoms with Crippen molar-refractivity contribution in [2.45, 2.75) is 12.6 Å². The minimum atomic E-state index is -0.710. The molecule has 2 aromatic heterocycles. The Morgan fingerprint density at radius 1 is 1.18 bits per heavy atom. The van der Waals surface area contributed by atoms with Crippen LogP contribution in [0.2, 0.25) is 0 Å². The van der Waals surface area contributed by atoms with Crippen LogP contribution in [0.4, 0.5) is 0 Å². The topological polar surface area (TPSA) is 80.0 Å². The van der Waals surface area contributed by atoms with Gasteiger partial charge in [-0.1, -0.05) is 6.07 Å². The summed E-state index contributed by atoms with van der Waals surface area (Å²) < 4.78 is 10.5. The van der Waals surface area contributed by atoms with Crippen molar-refractivity contribution in [2.24, 2.45) is 0 Å². The fraction of sp³-hybridized carbons (Fsp3) is 0.143. The first-order chi connectivity index (χ1) is 13.6. The minimum Gasteiger partial charge on any atom is -0.507 e. The molecule has 1 saturated heterocycles. The second-order valence-corrected chi connectivity index (χ2v) is 7.23. The Kier molecular flexibility index (Phi) is 4.75. The van der Waals surface area contributed by atoms with Crippen LogP contribution in [-0.2, 0) is 16.1 Å². The van der Waals surface area contributed by atoms with E-state index in [9.17, 15) is 14.7 Å². The molecule has 0 saturated carbocycles. The lowest BCUT2D eigenvalue weighted by molar-refractivity contribution is -0.140. The van der Waals surface area contributed by atoms with E-state index in [0.29, 0.717) is 17.1 Å². The van der Waals surface area contributed by atoms with Crippen LogP contribution in [0.5, 0.6) is 5.75 Å².